The van der Waals surface area contributed by atoms with E-state index in [4.69, 9.17) is 0 Å². The molecule has 188 valence electrons. The van der Waals surface area contributed by atoms with Crippen LogP contribution in [0.3, 0.4) is 0 Å². The Bertz CT molecular complexity index is 888. The van der Waals surface area contributed by atoms with Gasteiger partial charge in [-0.05, 0) is 37.1 Å². The first-order valence-electron chi connectivity index (χ1n) is 12.6. The van der Waals surface area contributed by atoms with Crippen LogP contribution in [0.4, 0.5) is 4.79 Å². The number of aromatic nitrogens is 2. The van der Waals surface area contributed by atoms with Gasteiger partial charge in [0.2, 0.25) is 5.91 Å². The van der Waals surface area contributed by atoms with E-state index in [1.807, 2.05) is 48.4 Å². The number of carbonyl (C=O) groups excluding carboxylic acids is 2. The number of pyridine rings is 2. The molecule has 9 heteroatoms. The molecule has 4 heterocycles. The lowest BCUT2D eigenvalue weighted by Gasteiger charge is -2.22. The first kappa shape index (κ1) is 25.4. The highest BCUT2D eigenvalue weighted by Crippen LogP contribution is 2.33. The van der Waals surface area contributed by atoms with E-state index in [-0.39, 0.29) is 24.0 Å². The van der Waals surface area contributed by atoms with Crippen LogP contribution in [-0.2, 0) is 17.6 Å². The predicted octanol–water partition coefficient (Wildman–Crippen LogP) is 2.41. The van der Waals surface area contributed by atoms with Crippen molar-refractivity contribution in [2.45, 2.75) is 55.9 Å². The quantitative estimate of drug-likeness (QED) is 0.274. The van der Waals surface area contributed by atoms with Crippen LogP contribution >= 0.6 is 11.8 Å². The van der Waals surface area contributed by atoms with Gasteiger partial charge in [-0.15, -0.1) is 0 Å². The van der Waals surface area contributed by atoms with E-state index < -0.39 is 0 Å². The minimum Gasteiger partial charge on any atom is -0.355 e. The van der Waals surface area contributed by atoms with Crippen molar-refractivity contribution >= 4 is 23.7 Å². The summed E-state index contributed by atoms with van der Waals surface area (Å²) >= 11 is 1.93. The van der Waals surface area contributed by atoms with Crippen molar-refractivity contribution < 1.29 is 9.59 Å². The van der Waals surface area contributed by atoms with Gasteiger partial charge >= 0.3 is 6.03 Å². The van der Waals surface area contributed by atoms with E-state index in [0.29, 0.717) is 18.2 Å². The van der Waals surface area contributed by atoms with Crippen LogP contribution in [0.5, 0.6) is 0 Å². The summed E-state index contributed by atoms with van der Waals surface area (Å²) in [4.78, 5) is 35.1. The third-order valence-electron chi connectivity index (χ3n) is 6.65. The zero-order valence-electron chi connectivity index (χ0n) is 20.2. The Morgan fingerprint density at radius 3 is 2.37 bits per heavy atom. The van der Waals surface area contributed by atoms with Gasteiger partial charge in [0.1, 0.15) is 0 Å². The molecule has 3 N–H and O–H groups in total. The number of carbonyl (C=O) groups is 2. The van der Waals surface area contributed by atoms with Crippen molar-refractivity contribution in [1.82, 2.24) is 30.8 Å². The average Bonchev–Trinajstić information content (AvgIpc) is 3.43. The third-order valence-corrected chi connectivity index (χ3v) is 8.16. The highest BCUT2D eigenvalue weighted by atomic mass is 32.2. The van der Waals surface area contributed by atoms with Crippen LogP contribution in [0.1, 0.15) is 37.1 Å². The lowest BCUT2D eigenvalue weighted by molar-refractivity contribution is -0.121. The molecule has 8 nitrogen and oxygen atoms in total. The van der Waals surface area contributed by atoms with E-state index in [1.54, 1.807) is 0 Å². The van der Waals surface area contributed by atoms with E-state index in [0.717, 1.165) is 68.9 Å². The van der Waals surface area contributed by atoms with Crippen LogP contribution in [0.15, 0.2) is 48.8 Å². The monoisotopic (exact) mass is 496 g/mol. The van der Waals surface area contributed by atoms with Crippen molar-refractivity contribution in [3.8, 4) is 0 Å². The van der Waals surface area contributed by atoms with E-state index in [9.17, 15) is 9.59 Å². The topological polar surface area (TPSA) is 99.2 Å². The largest absolute Gasteiger partial charge is 0.355 e. The van der Waals surface area contributed by atoms with Crippen molar-refractivity contribution in [2.75, 3.05) is 31.9 Å². The van der Waals surface area contributed by atoms with Gasteiger partial charge in [0.15, 0.2) is 0 Å². The first-order chi connectivity index (χ1) is 17.2. The van der Waals surface area contributed by atoms with Crippen molar-refractivity contribution in [3.63, 3.8) is 0 Å². The molecule has 0 bridgehead atoms. The molecule has 3 atom stereocenters. The lowest BCUT2D eigenvalue weighted by Crippen LogP contribution is -2.37. The number of amides is 3. The number of hydrogen-bond acceptors (Lipinski definition) is 6. The fourth-order valence-corrected chi connectivity index (χ4v) is 6.23. The molecular weight excluding hydrogens is 460 g/mol. The molecule has 2 aromatic rings. The standard InChI is InChI=1S/C26H36N6O2S/c33-24(10-2-1-9-23-25-22(19-35-23)30-26(34)31-25)29-15-18-32(16-11-20-7-3-5-13-27-20)17-12-21-8-4-6-14-28-21/h3-8,13-14,22-23,25H,1-2,9-12,15-19H2,(H,29,33)(H2,30,31,34)/t22-,23-,25-/m0/s1. The van der Waals surface area contributed by atoms with Crippen LogP contribution in [-0.4, -0.2) is 76.1 Å². The number of hydrogen-bond donors (Lipinski definition) is 3. The van der Waals surface area contributed by atoms with Gasteiger partial charge in [-0.2, -0.15) is 11.8 Å². The third kappa shape index (κ3) is 8.21. The number of unbranched alkanes of at least 4 members (excludes halogenated alkanes) is 1. The molecular formula is C26H36N6O2S. The Labute approximate surface area is 212 Å². The molecule has 2 fully saturated rings. The summed E-state index contributed by atoms with van der Waals surface area (Å²) in [5.74, 6) is 1.10. The Hall–Kier alpha value is -2.65. The molecule has 2 saturated heterocycles. The van der Waals surface area contributed by atoms with E-state index in [2.05, 4.69) is 43.0 Å². The molecule has 3 amide bonds. The zero-order valence-corrected chi connectivity index (χ0v) is 21.0. The summed E-state index contributed by atoms with van der Waals surface area (Å²) in [6.45, 7) is 3.24. The second-order valence-electron chi connectivity index (χ2n) is 9.20. The Balaban J connectivity index is 1.13. The van der Waals surface area contributed by atoms with E-state index in [1.165, 1.54) is 0 Å². The van der Waals surface area contributed by atoms with Crippen molar-refractivity contribution in [3.05, 3.63) is 60.2 Å². The molecule has 2 aliphatic heterocycles. The summed E-state index contributed by atoms with van der Waals surface area (Å²) in [5, 5.41) is 9.56. The smallest absolute Gasteiger partial charge is 0.315 e. The highest BCUT2D eigenvalue weighted by Gasteiger charge is 2.42. The van der Waals surface area contributed by atoms with Crippen LogP contribution in [0, 0.1) is 0 Å². The van der Waals surface area contributed by atoms with Gasteiger partial charge in [-0.3, -0.25) is 14.8 Å². The summed E-state index contributed by atoms with van der Waals surface area (Å²) in [6, 6.07) is 12.5. The average molecular weight is 497 g/mol. The highest BCUT2D eigenvalue weighted by molar-refractivity contribution is 8.00. The fourth-order valence-electron chi connectivity index (χ4n) is 4.69. The molecule has 2 aromatic heterocycles. The number of nitrogens with zero attached hydrogens (tertiary/aromatic N) is 3. The predicted molar refractivity (Wildman–Crippen MR) is 139 cm³/mol. The second-order valence-corrected chi connectivity index (χ2v) is 10.5. The summed E-state index contributed by atoms with van der Waals surface area (Å²) in [5.41, 5.74) is 2.16. The molecule has 0 aromatic carbocycles. The van der Waals surface area contributed by atoms with Gasteiger partial charge in [-0.25, -0.2) is 4.79 Å². The molecule has 2 aliphatic rings. The Kier molecular flexibility index (Phi) is 9.77. The maximum Gasteiger partial charge on any atom is 0.315 e. The molecule has 4 rings (SSSR count). The van der Waals surface area contributed by atoms with Gasteiger partial charge in [0.05, 0.1) is 12.1 Å². The molecule has 35 heavy (non-hydrogen) atoms. The molecule has 0 radical (unpaired) electrons. The maximum absolute atomic E-state index is 12.4. The second kappa shape index (κ2) is 13.4. The minimum absolute atomic E-state index is 0.0428. The number of fused-ring (bicyclic) bond motifs is 1. The fraction of sp³-hybridized carbons (Fsp3) is 0.538. The Morgan fingerprint density at radius 2 is 1.71 bits per heavy atom. The van der Waals surface area contributed by atoms with Gasteiger partial charge < -0.3 is 20.9 Å². The molecule has 0 spiro atoms. The van der Waals surface area contributed by atoms with Crippen molar-refractivity contribution in [2.24, 2.45) is 0 Å². The number of rotatable bonds is 14. The lowest BCUT2D eigenvalue weighted by atomic mass is 10.0. The number of urea groups is 1. The van der Waals surface area contributed by atoms with Gasteiger partial charge in [0.25, 0.3) is 0 Å². The Morgan fingerprint density at radius 1 is 1.00 bits per heavy atom. The van der Waals surface area contributed by atoms with Gasteiger partial charge in [0, 0.05) is 80.2 Å². The van der Waals surface area contributed by atoms with E-state index >= 15 is 0 Å². The molecule has 0 aliphatic carbocycles. The first-order valence-corrected chi connectivity index (χ1v) is 13.7. The normalized spacial score (nSPS) is 20.9. The minimum atomic E-state index is -0.0428. The van der Waals surface area contributed by atoms with Crippen LogP contribution in [0.2, 0.25) is 0 Å². The summed E-state index contributed by atoms with van der Waals surface area (Å²) in [6.07, 6.45) is 8.90. The molecule has 0 saturated carbocycles. The number of nitrogens with one attached hydrogen (secondary N) is 3. The van der Waals surface area contributed by atoms with Gasteiger partial charge in [-0.1, -0.05) is 18.6 Å². The summed E-state index contributed by atoms with van der Waals surface area (Å²) in [7, 11) is 0. The van der Waals surface area contributed by atoms with Crippen LogP contribution < -0.4 is 16.0 Å². The molecule has 0 unspecified atom stereocenters. The van der Waals surface area contributed by atoms with Crippen molar-refractivity contribution in [1.29, 1.82) is 0 Å². The number of thioether (sulfide) groups is 1. The zero-order chi connectivity index (χ0) is 24.3. The SMILES string of the molecule is O=C(CCCC[C@@H]1SC[C@@H]2NC(=O)N[C@@H]21)NCCN(CCc1ccccn1)CCc1ccccn1. The maximum atomic E-state index is 12.4. The van der Waals surface area contributed by atoms with Crippen LogP contribution in [0.25, 0.3) is 0 Å². The summed E-state index contributed by atoms with van der Waals surface area (Å²) < 4.78 is 0.